The highest BCUT2D eigenvalue weighted by atomic mass is 16.7. The van der Waals surface area contributed by atoms with E-state index >= 15 is 0 Å². The summed E-state index contributed by atoms with van der Waals surface area (Å²) in [5, 5.41) is 0.833. The molecule has 0 N–H and O–H groups in total. The number of aryl methyl sites for hydroxylation is 1. The maximum atomic E-state index is 14.0. The highest BCUT2D eigenvalue weighted by Crippen LogP contribution is 2.45. The maximum Gasteiger partial charge on any atom is 0.514 e. The number of hydrogen-bond acceptors (Lipinski definition) is 9. The van der Waals surface area contributed by atoms with Crippen LogP contribution in [0.3, 0.4) is 0 Å². The topological polar surface area (TPSA) is 115 Å². The van der Waals surface area contributed by atoms with Crippen molar-refractivity contribution in [3.05, 3.63) is 69.2 Å². The molecule has 0 bridgehead atoms. The van der Waals surface area contributed by atoms with E-state index in [2.05, 4.69) is 13.5 Å². The lowest BCUT2D eigenvalue weighted by atomic mass is 9.84. The number of aromatic nitrogens is 2. The molecule has 2 aliphatic heterocycles. The van der Waals surface area contributed by atoms with Crippen LogP contribution in [0.4, 0.5) is 4.79 Å². The molecule has 3 aromatic rings. The van der Waals surface area contributed by atoms with Gasteiger partial charge in [-0.3, -0.25) is 9.59 Å². The first-order valence-electron chi connectivity index (χ1n) is 16.2. The standard InChI is InChI=1S/C36H44N2O8/c1-8-11-16-42-17-12-13-31(39)45-36(10-3)22(4)43-21-27-28(36)19-30-32-26(20-38(30)33(27)40)24(9-2)25-18-23(14-15-29(25)37-32)44-34(41)46-35(5,6)7/h14-15,18-19H,4,8-13,16-17,20-21H2,1-3,5-7H3/t36-/m1/s1. The maximum absolute atomic E-state index is 14.0. The molecule has 4 heterocycles. The van der Waals surface area contributed by atoms with E-state index in [9.17, 15) is 14.4 Å². The van der Waals surface area contributed by atoms with Crippen LogP contribution >= 0.6 is 0 Å². The van der Waals surface area contributed by atoms with Crippen LogP contribution < -0.4 is 10.3 Å². The molecule has 0 saturated heterocycles. The monoisotopic (exact) mass is 632 g/mol. The average Bonchev–Trinajstić information content (AvgIpc) is 3.36. The SMILES string of the molecule is C=C1OCc2c(cc3n(c2=O)Cc2c-3nc3ccc(OC(=O)OC(C)(C)C)cc3c2CC)[C@]1(CC)OC(=O)CCCOCCCC. The third-order valence-electron chi connectivity index (χ3n) is 8.45. The molecular formula is C36H44N2O8. The van der Waals surface area contributed by atoms with Crippen molar-refractivity contribution in [2.45, 2.75) is 104 Å². The summed E-state index contributed by atoms with van der Waals surface area (Å²) in [5.41, 5.74) is 2.81. The molecule has 0 spiro atoms. The Balaban J connectivity index is 1.50. The number of rotatable bonds is 11. The molecule has 0 radical (unpaired) electrons. The minimum Gasteiger partial charge on any atom is -0.489 e. The first-order chi connectivity index (χ1) is 21.9. The first-order valence-corrected chi connectivity index (χ1v) is 16.2. The van der Waals surface area contributed by atoms with Crippen LogP contribution in [0, 0.1) is 0 Å². The van der Waals surface area contributed by atoms with Gasteiger partial charge in [0.05, 0.1) is 29.0 Å². The molecule has 2 aliphatic rings. The number of carbonyl (C=O) groups excluding carboxylic acids is 2. The van der Waals surface area contributed by atoms with E-state index in [4.69, 9.17) is 28.7 Å². The van der Waals surface area contributed by atoms with Gasteiger partial charge in [0.2, 0.25) is 0 Å². The third kappa shape index (κ3) is 6.40. The molecule has 10 nitrogen and oxygen atoms in total. The Kier molecular flexibility index (Phi) is 9.58. The molecule has 5 rings (SSSR count). The number of fused-ring (bicyclic) bond motifs is 5. The van der Waals surface area contributed by atoms with Crippen LogP contribution in [0.1, 0.15) is 95.9 Å². The van der Waals surface area contributed by atoms with Crippen molar-refractivity contribution in [1.29, 1.82) is 0 Å². The summed E-state index contributed by atoms with van der Waals surface area (Å²) < 4.78 is 30.2. The minimum absolute atomic E-state index is 0.0373. The number of esters is 1. The molecule has 0 aliphatic carbocycles. The highest BCUT2D eigenvalue weighted by Gasteiger charge is 2.46. The summed E-state index contributed by atoms with van der Waals surface area (Å²) in [6.07, 6.45) is 2.97. The fourth-order valence-electron chi connectivity index (χ4n) is 6.17. The Morgan fingerprint density at radius 3 is 2.54 bits per heavy atom. The van der Waals surface area contributed by atoms with Gasteiger partial charge in [0, 0.05) is 36.1 Å². The Morgan fingerprint density at radius 2 is 1.85 bits per heavy atom. The summed E-state index contributed by atoms with van der Waals surface area (Å²) in [5.74, 6) is 0.247. The molecule has 2 aromatic heterocycles. The van der Waals surface area contributed by atoms with Gasteiger partial charge in [-0.2, -0.15) is 0 Å². The van der Waals surface area contributed by atoms with Crippen molar-refractivity contribution in [2.75, 3.05) is 13.2 Å². The third-order valence-corrected chi connectivity index (χ3v) is 8.45. The molecule has 0 fully saturated rings. The van der Waals surface area contributed by atoms with Gasteiger partial charge in [0.15, 0.2) is 5.60 Å². The van der Waals surface area contributed by atoms with Gasteiger partial charge < -0.3 is 28.3 Å². The van der Waals surface area contributed by atoms with Crippen LogP contribution in [0.5, 0.6) is 5.75 Å². The number of hydrogen-bond donors (Lipinski definition) is 0. The van der Waals surface area contributed by atoms with Crippen LogP contribution in [0.15, 0.2) is 41.4 Å². The van der Waals surface area contributed by atoms with Gasteiger partial charge >= 0.3 is 12.1 Å². The molecule has 46 heavy (non-hydrogen) atoms. The lowest BCUT2D eigenvalue weighted by molar-refractivity contribution is -0.164. The Labute approximate surface area is 269 Å². The molecule has 1 atom stereocenters. The average molecular weight is 633 g/mol. The Bertz CT molecular complexity index is 1730. The van der Waals surface area contributed by atoms with Crippen LogP contribution in [-0.2, 0) is 48.9 Å². The zero-order valence-electron chi connectivity index (χ0n) is 27.7. The predicted octanol–water partition coefficient (Wildman–Crippen LogP) is 7.09. The molecule has 0 amide bonds. The summed E-state index contributed by atoms with van der Waals surface area (Å²) in [6.45, 7) is 17.0. The summed E-state index contributed by atoms with van der Waals surface area (Å²) in [7, 11) is 0. The summed E-state index contributed by atoms with van der Waals surface area (Å²) >= 11 is 0. The second-order valence-electron chi connectivity index (χ2n) is 12.8. The molecule has 0 unspecified atom stereocenters. The van der Waals surface area contributed by atoms with Crippen molar-refractivity contribution < 1.29 is 33.3 Å². The van der Waals surface area contributed by atoms with Gasteiger partial charge in [-0.15, -0.1) is 0 Å². The predicted molar refractivity (Wildman–Crippen MR) is 174 cm³/mol. The van der Waals surface area contributed by atoms with E-state index in [-0.39, 0.29) is 18.6 Å². The van der Waals surface area contributed by atoms with Gasteiger partial charge in [-0.25, -0.2) is 9.78 Å². The van der Waals surface area contributed by atoms with Crippen LogP contribution in [0.25, 0.3) is 22.3 Å². The lowest BCUT2D eigenvalue weighted by Crippen LogP contribution is -2.42. The van der Waals surface area contributed by atoms with Crippen molar-refractivity contribution >= 4 is 23.0 Å². The molecule has 0 saturated carbocycles. The molecule has 246 valence electrons. The zero-order valence-corrected chi connectivity index (χ0v) is 27.7. The van der Waals surface area contributed by atoms with E-state index < -0.39 is 23.3 Å². The zero-order chi connectivity index (χ0) is 33.2. The molecular weight excluding hydrogens is 588 g/mol. The second-order valence-corrected chi connectivity index (χ2v) is 12.8. The van der Waals surface area contributed by atoms with Gasteiger partial charge in [0.1, 0.15) is 23.7 Å². The number of carbonyl (C=O) groups is 2. The smallest absolute Gasteiger partial charge is 0.489 e. The summed E-state index contributed by atoms with van der Waals surface area (Å²) in [4.78, 5) is 44.5. The number of pyridine rings is 2. The van der Waals surface area contributed by atoms with Gasteiger partial charge in [-0.1, -0.05) is 33.8 Å². The number of unbranched alkanes of at least 4 members (excludes halogenated alkanes) is 1. The van der Waals surface area contributed by atoms with E-state index in [0.29, 0.717) is 78.6 Å². The van der Waals surface area contributed by atoms with E-state index in [0.717, 1.165) is 29.4 Å². The van der Waals surface area contributed by atoms with E-state index in [1.54, 1.807) is 43.5 Å². The quantitative estimate of drug-likeness (QED) is 0.0971. The van der Waals surface area contributed by atoms with E-state index in [1.165, 1.54) is 0 Å². The van der Waals surface area contributed by atoms with Crippen molar-refractivity contribution in [2.24, 2.45) is 0 Å². The van der Waals surface area contributed by atoms with Crippen LogP contribution in [-0.4, -0.2) is 40.5 Å². The number of ether oxygens (including phenoxy) is 5. The number of benzene rings is 1. The second kappa shape index (κ2) is 13.3. The molecule has 10 heteroatoms. The van der Waals surface area contributed by atoms with E-state index in [1.807, 2.05) is 19.9 Å². The van der Waals surface area contributed by atoms with Crippen molar-refractivity contribution in [1.82, 2.24) is 9.55 Å². The first kappa shape index (κ1) is 33.2. The van der Waals surface area contributed by atoms with Crippen molar-refractivity contribution in [3.63, 3.8) is 0 Å². The highest BCUT2D eigenvalue weighted by molar-refractivity contribution is 5.89. The normalized spacial score (nSPS) is 16.8. The lowest BCUT2D eigenvalue weighted by Gasteiger charge is -2.39. The Hall–Kier alpha value is -4.18. The van der Waals surface area contributed by atoms with Crippen LogP contribution in [0.2, 0.25) is 0 Å². The molecule has 1 aromatic carbocycles. The minimum atomic E-state index is -1.30. The fraction of sp³-hybridized carbons (Fsp3) is 0.500. The summed E-state index contributed by atoms with van der Waals surface area (Å²) in [6, 6.07) is 7.18. The van der Waals surface area contributed by atoms with Gasteiger partial charge in [-0.05, 0) is 76.3 Å². The largest absolute Gasteiger partial charge is 0.514 e. The Morgan fingerprint density at radius 1 is 1.09 bits per heavy atom. The number of nitrogens with zero attached hydrogens (tertiary/aromatic N) is 2. The van der Waals surface area contributed by atoms with Gasteiger partial charge in [0.25, 0.3) is 5.56 Å². The fourth-order valence-corrected chi connectivity index (χ4v) is 6.17. The van der Waals surface area contributed by atoms with Crippen molar-refractivity contribution in [3.8, 4) is 17.1 Å².